The number of hydrogen-bond acceptors (Lipinski definition) is 3. The second-order valence-corrected chi connectivity index (χ2v) is 5.34. The van der Waals surface area contributed by atoms with Crippen molar-refractivity contribution in [1.82, 2.24) is 15.5 Å². The van der Waals surface area contributed by atoms with Gasteiger partial charge < -0.3 is 10.6 Å². The second kappa shape index (κ2) is 7.09. The van der Waals surface area contributed by atoms with E-state index in [1.54, 1.807) is 0 Å². The summed E-state index contributed by atoms with van der Waals surface area (Å²) in [7, 11) is 0. The molecule has 112 valence electrons. The molecule has 0 aliphatic carbocycles. The van der Waals surface area contributed by atoms with Crippen molar-refractivity contribution in [2.24, 2.45) is 5.92 Å². The first-order chi connectivity index (χ1) is 8.76. The van der Waals surface area contributed by atoms with Crippen molar-refractivity contribution in [2.75, 3.05) is 32.7 Å². The van der Waals surface area contributed by atoms with Crippen LogP contribution in [-0.2, 0) is 4.79 Å². The summed E-state index contributed by atoms with van der Waals surface area (Å²) in [5.41, 5.74) is 0. The predicted octanol–water partition coefficient (Wildman–Crippen LogP) is 0.985. The molecule has 2 N–H and O–H groups in total. The van der Waals surface area contributed by atoms with Crippen molar-refractivity contribution >= 4 is 5.91 Å². The average Bonchev–Trinajstić information content (AvgIpc) is 2.68. The number of halogens is 3. The molecule has 0 radical (unpaired) electrons. The number of hydrogen-bond donors (Lipinski definition) is 2. The van der Waals surface area contributed by atoms with Crippen molar-refractivity contribution in [3.05, 3.63) is 0 Å². The van der Waals surface area contributed by atoms with E-state index in [9.17, 15) is 18.0 Å². The largest absolute Gasteiger partial charge is 0.401 e. The highest BCUT2D eigenvalue weighted by atomic mass is 19.4. The van der Waals surface area contributed by atoms with Crippen LogP contribution >= 0.6 is 0 Å². The fourth-order valence-electron chi connectivity index (χ4n) is 2.09. The summed E-state index contributed by atoms with van der Waals surface area (Å²) in [5, 5.41) is 5.74. The minimum Gasteiger partial charge on any atom is -0.355 e. The van der Waals surface area contributed by atoms with Crippen LogP contribution < -0.4 is 10.6 Å². The molecule has 19 heavy (non-hydrogen) atoms. The molecule has 1 amide bonds. The minimum atomic E-state index is -4.14. The Labute approximate surface area is 111 Å². The van der Waals surface area contributed by atoms with Gasteiger partial charge in [-0.15, -0.1) is 0 Å². The van der Waals surface area contributed by atoms with E-state index in [1.807, 2.05) is 13.8 Å². The Kier molecular flexibility index (Phi) is 6.06. The van der Waals surface area contributed by atoms with Gasteiger partial charge in [-0.1, -0.05) is 13.8 Å². The van der Waals surface area contributed by atoms with Gasteiger partial charge in [0.25, 0.3) is 0 Å². The van der Waals surface area contributed by atoms with Crippen LogP contribution in [0.2, 0.25) is 0 Å². The molecule has 4 nitrogen and oxygen atoms in total. The molecule has 1 fully saturated rings. The molecule has 1 rings (SSSR count). The maximum absolute atomic E-state index is 12.2. The Morgan fingerprint density at radius 1 is 1.42 bits per heavy atom. The lowest BCUT2D eigenvalue weighted by Gasteiger charge is -2.18. The highest BCUT2D eigenvalue weighted by molar-refractivity contribution is 5.77. The topological polar surface area (TPSA) is 44.4 Å². The Balaban J connectivity index is 2.16. The summed E-state index contributed by atoms with van der Waals surface area (Å²) in [4.78, 5) is 12.8. The van der Waals surface area contributed by atoms with Gasteiger partial charge in [-0.05, 0) is 18.9 Å². The number of amides is 1. The normalized spacial score (nSPS) is 21.1. The average molecular weight is 281 g/mol. The van der Waals surface area contributed by atoms with Crippen LogP contribution in [0.1, 0.15) is 20.3 Å². The molecule has 1 saturated heterocycles. The van der Waals surface area contributed by atoms with Gasteiger partial charge in [-0.2, -0.15) is 13.2 Å². The van der Waals surface area contributed by atoms with Gasteiger partial charge in [0.1, 0.15) is 0 Å². The smallest absolute Gasteiger partial charge is 0.355 e. The van der Waals surface area contributed by atoms with E-state index in [1.165, 1.54) is 4.90 Å². The maximum atomic E-state index is 12.2. The molecule has 1 aliphatic heterocycles. The molecule has 0 aromatic rings. The summed E-state index contributed by atoms with van der Waals surface area (Å²) in [6, 6.07) is 0.236. The first-order valence-electron chi connectivity index (χ1n) is 6.55. The lowest BCUT2D eigenvalue weighted by atomic mass is 10.1. The zero-order valence-corrected chi connectivity index (χ0v) is 11.4. The van der Waals surface area contributed by atoms with Crippen LogP contribution in [0.15, 0.2) is 0 Å². The number of alkyl halides is 3. The molecular weight excluding hydrogens is 259 g/mol. The number of likely N-dealkylation sites (tertiary alicyclic amines) is 1. The van der Waals surface area contributed by atoms with E-state index in [0.717, 1.165) is 0 Å². The summed E-state index contributed by atoms with van der Waals surface area (Å²) in [6.45, 7) is 4.58. The lowest BCUT2D eigenvalue weighted by Crippen LogP contribution is -2.39. The van der Waals surface area contributed by atoms with E-state index in [-0.39, 0.29) is 24.4 Å². The molecule has 0 spiro atoms. The predicted molar refractivity (Wildman–Crippen MR) is 66.8 cm³/mol. The molecule has 1 atom stereocenters. The van der Waals surface area contributed by atoms with Crippen LogP contribution in [0, 0.1) is 5.92 Å². The fourth-order valence-corrected chi connectivity index (χ4v) is 2.09. The van der Waals surface area contributed by atoms with Gasteiger partial charge in [0.2, 0.25) is 5.91 Å². The van der Waals surface area contributed by atoms with Crippen LogP contribution in [-0.4, -0.2) is 55.7 Å². The van der Waals surface area contributed by atoms with Gasteiger partial charge in [0.05, 0.1) is 13.1 Å². The van der Waals surface area contributed by atoms with Crippen molar-refractivity contribution < 1.29 is 18.0 Å². The van der Waals surface area contributed by atoms with E-state index in [2.05, 4.69) is 10.6 Å². The Hall–Kier alpha value is -0.820. The highest BCUT2D eigenvalue weighted by Crippen LogP contribution is 2.22. The third kappa shape index (κ3) is 7.37. The number of nitrogens with zero attached hydrogens (tertiary/aromatic N) is 1. The number of carbonyl (C=O) groups is 1. The third-order valence-corrected chi connectivity index (χ3v) is 3.03. The minimum absolute atomic E-state index is 0.108. The molecule has 0 aromatic heterocycles. The molecule has 1 heterocycles. The standard InChI is InChI=1S/C12H22F3N3O/c1-9(2)16-6-11(19)17-5-10-3-4-18(7-10)8-12(13,14)15/h9-10,16H,3-8H2,1-2H3,(H,17,19). The number of rotatable bonds is 6. The number of nitrogens with one attached hydrogen (secondary N) is 2. The van der Waals surface area contributed by atoms with E-state index < -0.39 is 12.7 Å². The molecule has 1 unspecified atom stereocenters. The zero-order valence-electron chi connectivity index (χ0n) is 11.4. The number of carbonyl (C=O) groups excluding carboxylic acids is 1. The SMILES string of the molecule is CC(C)NCC(=O)NCC1CCN(CC(F)(F)F)C1. The summed E-state index contributed by atoms with van der Waals surface area (Å²) >= 11 is 0. The van der Waals surface area contributed by atoms with Crippen LogP contribution in [0.4, 0.5) is 13.2 Å². The molecule has 0 saturated carbocycles. The molecule has 0 bridgehead atoms. The summed E-state index contributed by atoms with van der Waals surface area (Å²) in [6.07, 6.45) is -3.44. The highest BCUT2D eigenvalue weighted by Gasteiger charge is 2.34. The molecule has 7 heteroatoms. The lowest BCUT2D eigenvalue weighted by molar-refractivity contribution is -0.143. The fraction of sp³-hybridized carbons (Fsp3) is 0.917. The first kappa shape index (κ1) is 16.2. The Morgan fingerprint density at radius 3 is 2.68 bits per heavy atom. The Bertz CT molecular complexity index is 294. The first-order valence-corrected chi connectivity index (χ1v) is 6.55. The van der Waals surface area contributed by atoms with Crippen LogP contribution in [0.25, 0.3) is 0 Å². The summed E-state index contributed by atoms with van der Waals surface area (Å²) in [5.74, 6) is 0.00770. The van der Waals surface area contributed by atoms with E-state index >= 15 is 0 Å². The van der Waals surface area contributed by atoms with Gasteiger partial charge in [-0.25, -0.2) is 0 Å². The zero-order chi connectivity index (χ0) is 14.5. The molecule has 0 aromatic carbocycles. The van der Waals surface area contributed by atoms with Crippen molar-refractivity contribution in [3.8, 4) is 0 Å². The van der Waals surface area contributed by atoms with Gasteiger partial charge in [-0.3, -0.25) is 9.69 Å². The van der Waals surface area contributed by atoms with Crippen LogP contribution in [0.5, 0.6) is 0 Å². The van der Waals surface area contributed by atoms with Crippen molar-refractivity contribution in [2.45, 2.75) is 32.5 Å². The maximum Gasteiger partial charge on any atom is 0.401 e. The Morgan fingerprint density at radius 2 is 2.11 bits per heavy atom. The van der Waals surface area contributed by atoms with Crippen molar-refractivity contribution in [1.29, 1.82) is 0 Å². The van der Waals surface area contributed by atoms with Crippen LogP contribution in [0.3, 0.4) is 0 Å². The second-order valence-electron chi connectivity index (χ2n) is 5.34. The van der Waals surface area contributed by atoms with Gasteiger partial charge in [0.15, 0.2) is 0 Å². The monoisotopic (exact) mass is 281 g/mol. The molecule has 1 aliphatic rings. The van der Waals surface area contributed by atoms with Gasteiger partial charge in [0, 0.05) is 19.1 Å². The van der Waals surface area contributed by atoms with Crippen molar-refractivity contribution in [3.63, 3.8) is 0 Å². The van der Waals surface area contributed by atoms with Gasteiger partial charge >= 0.3 is 6.18 Å². The quantitative estimate of drug-likeness (QED) is 0.763. The van der Waals surface area contributed by atoms with E-state index in [0.29, 0.717) is 26.1 Å². The van der Waals surface area contributed by atoms with E-state index in [4.69, 9.17) is 0 Å². The molecular formula is C12H22F3N3O. The third-order valence-electron chi connectivity index (χ3n) is 3.03. The summed E-state index contributed by atoms with van der Waals surface area (Å²) < 4.78 is 36.6.